The second-order valence-corrected chi connectivity index (χ2v) is 4.36. The summed E-state index contributed by atoms with van der Waals surface area (Å²) in [5, 5.41) is 9.05. The van der Waals surface area contributed by atoms with Gasteiger partial charge >= 0.3 is 0 Å². The zero-order valence-corrected chi connectivity index (χ0v) is 10.9. The largest absolute Gasteiger partial charge is 0.496 e. The van der Waals surface area contributed by atoms with Crippen molar-refractivity contribution < 1.29 is 14.6 Å². The van der Waals surface area contributed by atoms with Crippen molar-refractivity contribution >= 4 is 0 Å². The molecule has 0 aliphatic carbocycles. The Balaban J connectivity index is 3.30. The molecule has 1 aromatic carbocycles. The first kappa shape index (κ1) is 13.8. The Morgan fingerprint density at radius 3 is 2.41 bits per heavy atom. The van der Waals surface area contributed by atoms with Gasteiger partial charge in [-0.3, -0.25) is 0 Å². The smallest absolute Gasteiger partial charge is 0.130 e. The first-order valence-corrected chi connectivity index (χ1v) is 5.59. The molecule has 0 radical (unpaired) electrons. The van der Waals surface area contributed by atoms with Gasteiger partial charge in [-0.05, 0) is 32.4 Å². The molecule has 1 aromatic rings. The standard InChI is InChI=1S/C13H21NO3/c1-9-11(16-3)6-5-10(12(9)17-4)13(2,14)7-8-15/h5-6,15H,7-8,14H2,1-4H3. The SMILES string of the molecule is COc1ccc(C(C)(N)CCO)c(OC)c1C. The van der Waals surface area contributed by atoms with Crippen molar-refractivity contribution in [1.29, 1.82) is 0 Å². The van der Waals surface area contributed by atoms with E-state index in [0.717, 1.165) is 22.6 Å². The molecule has 4 heteroatoms. The Morgan fingerprint density at radius 1 is 1.29 bits per heavy atom. The molecule has 4 nitrogen and oxygen atoms in total. The molecule has 0 fully saturated rings. The fraction of sp³-hybridized carbons (Fsp3) is 0.538. The normalized spacial score (nSPS) is 14.2. The Morgan fingerprint density at radius 2 is 1.94 bits per heavy atom. The minimum absolute atomic E-state index is 0.0429. The lowest BCUT2D eigenvalue weighted by Gasteiger charge is -2.27. The number of aliphatic hydroxyl groups is 1. The van der Waals surface area contributed by atoms with E-state index in [9.17, 15) is 0 Å². The molecule has 0 amide bonds. The van der Waals surface area contributed by atoms with E-state index in [1.54, 1.807) is 14.2 Å². The molecule has 1 unspecified atom stereocenters. The van der Waals surface area contributed by atoms with E-state index in [-0.39, 0.29) is 6.61 Å². The van der Waals surface area contributed by atoms with E-state index in [4.69, 9.17) is 20.3 Å². The summed E-state index contributed by atoms with van der Waals surface area (Å²) >= 11 is 0. The molecule has 1 atom stereocenters. The molecule has 0 aromatic heterocycles. The van der Waals surface area contributed by atoms with E-state index in [0.29, 0.717) is 6.42 Å². The van der Waals surface area contributed by atoms with Crippen LogP contribution in [0.25, 0.3) is 0 Å². The number of hydrogen-bond donors (Lipinski definition) is 2. The van der Waals surface area contributed by atoms with E-state index in [1.165, 1.54) is 0 Å². The molecule has 0 saturated carbocycles. The van der Waals surface area contributed by atoms with Gasteiger partial charge in [-0.15, -0.1) is 0 Å². The third-order valence-electron chi connectivity index (χ3n) is 3.03. The van der Waals surface area contributed by atoms with E-state index < -0.39 is 5.54 Å². The van der Waals surface area contributed by atoms with E-state index in [2.05, 4.69) is 0 Å². The third-order valence-corrected chi connectivity index (χ3v) is 3.03. The predicted molar refractivity (Wildman–Crippen MR) is 67.5 cm³/mol. The van der Waals surface area contributed by atoms with Gasteiger partial charge in [-0.25, -0.2) is 0 Å². The van der Waals surface area contributed by atoms with Gasteiger partial charge in [-0.2, -0.15) is 0 Å². The highest BCUT2D eigenvalue weighted by atomic mass is 16.5. The highest BCUT2D eigenvalue weighted by Crippen LogP contribution is 2.37. The number of benzene rings is 1. The maximum Gasteiger partial charge on any atom is 0.130 e. The van der Waals surface area contributed by atoms with Crippen LogP contribution in [0.2, 0.25) is 0 Å². The molecule has 96 valence electrons. The summed E-state index contributed by atoms with van der Waals surface area (Å²) in [5.74, 6) is 1.49. The van der Waals surface area contributed by atoms with Gasteiger partial charge in [-0.1, -0.05) is 0 Å². The lowest BCUT2D eigenvalue weighted by Crippen LogP contribution is -2.34. The van der Waals surface area contributed by atoms with Crippen LogP contribution in [0.5, 0.6) is 11.5 Å². The summed E-state index contributed by atoms with van der Waals surface area (Å²) in [5.41, 5.74) is 7.39. The van der Waals surface area contributed by atoms with Gasteiger partial charge in [0.1, 0.15) is 11.5 Å². The average molecular weight is 239 g/mol. The maximum absolute atomic E-state index is 9.05. The van der Waals surface area contributed by atoms with Gasteiger partial charge < -0.3 is 20.3 Å². The predicted octanol–water partition coefficient (Wildman–Crippen LogP) is 1.57. The van der Waals surface area contributed by atoms with Crippen molar-refractivity contribution in [3.63, 3.8) is 0 Å². The number of methoxy groups -OCH3 is 2. The zero-order chi connectivity index (χ0) is 13.1. The van der Waals surface area contributed by atoms with Gasteiger partial charge in [0, 0.05) is 23.3 Å². The molecule has 0 aliphatic heterocycles. The maximum atomic E-state index is 9.05. The lowest BCUT2D eigenvalue weighted by atomic mass is 9.88. The number of nitrogens with two attached hydrogens (primary N) is 1. The van der Waals surface area contributed by atoms with Crippen molar-refractivity contribution in [3.8, 4) is 11.5 Å². The fourth-order valence-corrected chi connectivity index (χ4v) is 1.97. The first-order valence-electron chi connectivity index (χ1n) is 5.59. The molecule has 1 rings (SSSR count). The molecule has 0 spiro atoms. The first-order chi connectivity index (χ1) is 7.97. The summed E-state index contributed by atoms with van der Waals surface area (Å²) in [6.45, 7) is 3.85. The lowest BCUT2D eigenvalue weighted by molar-refractivity contribution is 0.244. The van der Waals surface area contributed by atoms with Crippen LogP contribution in [-0.4, -0.2) is 25.9 Å². The van der Waals surface area contributed by atoms with E-state index in [1.807, 2.05) is 26.0 Å². The van der Waals surface area contributed by atoms with Crippen LogP contribution in [0.4, 0.5) is 0 Å². The van der Waals surface area contributed by atoms with Gasteiger partial charge in [0.25, 0.3) is 0 Å². The Hall–Kier alpha value is -1.26. The molecule has 0 saturated heterocycles. The Labute approximate surface area is 102 Å². The Bertz CT molecular complexity index is 388. The highest BCUT2D eigenvalue weighted by molar-refractivity contribution is 5.51. The van der Waals surface area contributed by atoms with Crippen LogP contribution in [0.15, 0.2) is 12.1 Å². The van der Waals surface area contributed by atoms with Crippen LogP contribution in [-0.2, 0) is 5.54 Å². The molecule has 0 bridgehead atoms. The van der Waals surface area contributed by atoms with E-state index >= 15 is 0 Å². The van der Waals surface area contributed by atoms with Gasteiger partial charge in [0.05, 0.1) is 14.2 Å². The average Bonchev–Trinajstić information content (AvgIpc) is 2.28. The number of aliphatic hydroxyl groups excluding tert-OH is 1. The van der Waals surface area contributed by atoms with Crippen molar-refractivity contribution in [1.82, 2.24) is 0 Å². The van der Waals surface area contributed by atoms with Crippen LogP contribution in [0, 0.1) is 6.92 Å². The minimum Gasteiger partial charge on any atom is -0.496 e. The quantitative estimate of drug-likeness (QED) is 0.818. The second kappa shape index (κ2) is 5.38. The third kappa shape index (κ3) is 2.70. The van der Waals surface area contributed by atoms with Crippen LogP contribution < -0.4 is 15.2 Å². The highest BCUT2D eigenvalue weighted by Gasteiger charge is 2.26. The fourth-order valence-electron chi connectivity index (χ4n) is 1.97. The van der Waals surface area contributed by atoms with Crippen molar-refractivity contribution in [2.24, 2.45) is 5.73 Å². The number of rotatable bonds is 5. The topological polar surface area (TPSA) is 64.7 Å². The summed E-state index contributed by atoms with van der Waals surface area (Å²) in [4.78, 5) is 0. The van der Waals surface area contributed by atoms with Gasteiger partial charge in [0.2, 0.25) is 0 Å². The van der Waals surface area contributed by atoms with Crippen LogP contribution >= 0.6 is 0 Å². The summed E-state index contributed by atoms with van der Waals surface area (Å²) in [6, 6.07) is 3.76. The molecular weight excluding hydrogens is 218 g/mol. The number of hydrogen-bond acceptors (Lipinski definition) is 4. The summed E-state index contributed by atoms with van der Waals surface area (Å²) < 4.78 is 10.7. The molecule has 17 heavy (non-hydrogen) atoms. The van der Waals surface area contributed by atoms with Crippen molar-refractivity contribution in [2.45, 2.75) is 25.8 Å². The Kier molecular flexibility index (Phi) is 4.37. The minimum atomic E-state index is -0.614. The number of ether oxygens (including phenoxy) is 2. The van der Waals surface area contributed by atoms with Crippen molar-refractivity contribution in [2.75, 3.05) is 20.8 Å². The molecule has 0 heterocycles. The van der Waals surface area contributed by atoms with Crippen molar-refractivity contribution in [3.05, 3.63) is 23.3 Å². The zero-order valence-electron chi connectivity index (χ0n) is 10.9. The molecular formula is C13H21NO3. The summed E-state index contributed by atoms with van der Waals surface area (Å²) in [7, 11) is 3.23. The van der Waals surface area contributed by atoms with Crippen LogP contribution in [0.1, 0.15) is 24.5 Å². The molecule has 3 N–H and O–H groups in total. The second-order valence-electron chi connectivity index (χ2n) is 4.36. The van der Waals surface area contributed by atoms with Crippen LogP contribution in [0.3, 0.4) is 0 Å². The summed E-state index contributed by atoms with van der Waals surface area (Å²) in [6.07, 6.45) is 0.481. The van der Waals surface area contributed by atoms with Gasteiger partial charge in [0.15, 0.2) is 0 Å². The molecule has 0 aliphatic rings. The monoisotopic (exact) mass is 239 g/mol.